The Kier molecular flexibility index (Phi) is 7.69. The summed E-state index contributed by atoms with van der Waals surface area (Å²) < 4.78 is 17.0. The zero-order valence-corrected chi connectivity index (χ0v) is 14.7. The van der Waals surface area contributed by atoms with Crippen LogP contribution < -0.4 is 10.5 Å². The van der Waals surface area contributed by atoms with Crippen molar-refractivity contribution < 1.29 is 4.39 Å². The van der Waals surface area contributed by atoms with E-state index in [1.807, 2.05) is 13.0 Å². The van der Waals surface area contributed by atoms with Crippen molar-refractivity contribution in [2.45, 2.75) is 33.1 Å². The molecule has 0 unspecified atom stereocenters. The maximum absolute atomic E-state index is 13.9. The van der Waals surface area contributed by atoms with Crippen molar-refractivity contribution in [1.29, 1.82) is 0 Å². The number of hydrogen-bond acceptors (Lipinski definition) is 3. The highest BCUT2D eigenvalue weighted by Crippen LogP contribution is 2.31. The molecule has 1 rings (SSSR count). The van der Waals surface area contributed by atoms with Crippen LogP contribution in [0.15, 0.2) is 65.8 Å². The van der Waals surface area contributed by atoms with E-state index >= 15 is 0 Å². The van der Waals surface area contributed by atoms with E-state index < -0.39 is 0 Å². The molecule has 0 spiro atoms. The Bertz CT molecular complexity index is 632. The molecule has 4 heteroatoms. The Balaban J connectivity index is 3.02. The third-order valence-electron chi connectivity index (χ3n) is 3.41. The molecule has 0 aromatic heterocycles. The molecule has 0 radical (unpaired) electrons. The van der Waals surface area contributed by atoms with Gasteiger partial charge in [-0.1, -0.05) is 45.2 Å². The van der Waals surface area contributed by atoms with Gasteiger partial charge >= 0.3 is 0 Å². The van der Waals surface area contributed by atoms with E-state index in [1.54, 1.807) is 12.1 Å². The predicted octanol–water partition coefficient (Wildman–Crippen LogP) is 5.85. The highest BCUT2D eigenvalue weighted by Gasteiger charge is 2.11. The van der Waals surface area contributed by atoms with Gasteiger partial charge in [-0.15, -0.1) is 0 Å². The van der Waals surface area contributed by atoms with Crippen LogP contribution in [-0.4, -0.2) is 0 Å². The molecule has 0 heterocycles. The summed E-state index contributed by atoms with van der Waals surface area (Å²) in [5.41, 5.74) is 9.27. The van der Waals surface area contributed by atoms with Crippen LogP contribution in [0.4, 0.5) is 10.1 Å². The lowest BCUT2D eigenvalue weighted by molar-refractivity contribution is 0.631. The molecule has 124 valence electrons. The van der Waals surface area contributed by atoms with Crippen LogP contribution >= 0.6 is 11.9 Å². The van der Waals surface area contributed by atoms with Gasteiger partial charge in [0.1, 0.15) is 5.82 Å². The molecule has 23 heavy (non-hydrogen) atoms. The van der Waals surface area contributed by atoms with Crippen molar-refractivity contribution in [3.8, 4) is 0 Å². The molecule has 0 amide bonds. The van der Waals surface area contributed by atoms with E-state index in [0.29, 0.717) is 17.0 Å². The Labute approximate surface area is 143 Å². The lowest BCUT2D eigenvalue weighted by Crippen LogP contribution is -2.03. The zero-order chi connectivity index (χ0) is 17.4. The second-order valence-electron chi connectivity index (χ2n) is 5.34. The molecule has 0 fully saturated rings. The molecular formula is C19H25FN2S. The van der Waals surface area contributed by atoms with Gasteiger partial charge in [0.2, 0.25) is 0 Å². The van der Waals surface area contributed by atoms with E-state index in [9.17, 15) is 4.39 Å². The number of nitrogens with one attached hydrogen (secondary N) is 1. The van der Waals surface area contributed by atoms with E-state index in [4.69, 9.17) is 5.73 Å². The molecule has 0 aliphatic carbocycles. The van der Waals surface area contributed by atoms with Crippen LogP contribution in [-0.2, 0) is 0 Å². The minimum absolute atomic E-state index is 0.280. The van der Waals surface area contributed by atoms with Crippen molar-refractivity contribution in [3.63, 3.8) is 0 Å². The number of allylic oxidation sites excluding steroid dienone is 2. The largest absolute Gasteiger partial charge is 0.399 e. The average Bonchev–Trinajstić information content (AvgIpc) is 2.51. The van der Waals surface area contributed by atoms with Gasteiger partial charge in [-0.3, -0.25) is 0 Å². The number of nitrogens with two attached hydrogens (primary N) is 1. The summed E-state index contributed by atoms with van der Waals surface area (Å²) in [6.07, 6.45) is 4.64. The number of rotatable bonds is 9. The third kappa shape index (κ3) is 5.64. The van der Waals surface area contributed by atoms with Gasteiger partial charge in [0.15, 0.2) is 0 Å². The maximum Gasteiger partial charge on any atom is 0.147 e. The first-order chi connectivity index (χ1) is 10.9. The first kappa shape index (κ1) is 19.1. The molecule has 0 bridgehead atoms. The Hall–Kier alpha value is -1.94. The van der Waals surface area contributed by atoms with Crippen LogP contribution in [0.2, 0.25) is 0 Å². The first-order valence-corrected chi connectivity index (χ1v) is 8.41. The highest BCUT2D eigenvalue weighted by atomic mass is 32.2. The Morgan fingerprint density at radius 3 is 2.61 bits per heavy atom. The fourth-order valence-corrected chi connectivity index (χ4v) is 2.83. The lowest BCUT2D eigenvalue weighted by atomic mass is 9.99. The standard InChI is InChI=1S/C19H25FN2S/c1-6-8-9-16(14(4)15(5)21)19(7-2)23-22-18-11-10-13(3)12-17(18)20/h7,10-12,22H,2,4-6,8-9,21H2,1,3H3/b19-16-. The van der Waals surface area contributed by atoms with Crippen LogP contribution in [0.5, 0.6) is 0 Å². The normalized spacial score (nSPS) is 11.6. The van der Waals surface area contributed by atoms with E-state index in [-0.39, 0.29) is 5.82 Å². The fourth-order valence-electron chi connectivity index (χ4n) is 2.01. The number of aryl methyl sites for hydroxylation is 1. The van der Waals surface area contributed by atoms with Gasteiger partial charge in [-0.2, -0.15) is 0 Å². The summed E-state index contributed by atoms with van der Waals surface area (Å²) in [6, 6.07) is 5.08. The summed E-state index contributed by atoms with van der Waals surface area (Å²) in [7, 11) is 0. The number of halogens is 1. The van der Waals surface area contributed by atoms with Crippen LogP contribution in [0, 0.1) is 12.7 Å². The molecule has 0 atom stereocenters. The van der Waals surface area contributed by atoms with Gasteiger partial charge < -0.3 is 10.5 Å². The van der Waals surface area contributed by atoms with Gasteiger partial charge in [0.05, 0.1) is 5.69 Å². The van der Waals surface area contributed by atoms with Crippen molar-refractivity contribution in [2.75, 3.05) is 4.72 Å². The van der Waals surface area contributed by atoms with Crippen molar-refractivity contribution in [3.05, 3.63) is 77.1 Å². The molecule has 1 aromatic carbocycles. The zero-order valence-electron chi connectivity index (χ0n) is 13.9. The molecular weight excluding hydrogens is 307 g/mol. The second-order valence-corrected chi connectivity index (χ2v) is 6.19. The maximum atomic E-state index is 13.9. The van der Waals surface area contributed by atoms with Crippen LogP contribution in [0.3, 0.4) is 0 Å². The summed E-state index contributed by atoms with van der Waals surface area (Å²) >= 11 is 1.31. The van der Waals surface area contributed by atoms with E-state index in [2.05, 4.69) is 31.4 Å². The minimum atomic E-state index is -0.280. The first-order valence-electron chi connectivity index (χ1n) is 7.59. The van der Waals surface area contributed by atoms with Gasteiger partial charge in [0, 0.05) is 10.6 Å². The number of benzene rings is 1. The quantitative estimate of drug-likeness (QED) is 0.440. The number of anilines is 1. The smallest absolute Gasteiger partial charge is 0.147 e. The Morgan fingerprint density at radius 1 is 1.39 bits per heavy atom. The fraction of sp³-hybridized carbons (Fsp3) is 0.263. The number of hydrogen-bond donors (Lipinski definition) is 2. The Morgan fingerprint density at radius 2 is 2.09 bits per heavy atom. The molecule has 2 nitrogen and oxygen atoms in total. The summed E-state index contributed by atoms with van der Waals surface area (Å²) in [5, 5.41) is 0. The van der Waals surface area contributed by atoms with Crippen LogP contribution in [0.25, 0.3) is 0 Å². The molecule has 0 aliphatic heterocycles. The third-order valence-corrected chi connectivity index (χ3v) is 4.37. The van der Waals surface area contributed by atoms with Crippen molar-refractivity contribution in [1.82, 2.24) is 0 Å². The van der Waals surface area contributed by atoms with Crippen molar-refractivity contribution in [2.24, 2.45) is 5.73 Å². The number of unbranched alkanes of at least 4 members (excludes halogenated alkanes) is 1. The monoisotopic (exact) mass is 332 g/mol. The minimum Gasteiger partial charge on any atom is -0.399 e. The topological polar surface area (TPSA) is 38.0 Å². The molecule has 0 aliphatic rings. The van der Waals surface area contributed by atoms with Crippen molar-refractivity contribution >= 4 is 17.6 Å². The predicted molar refractivity (Wildman–Crippen MR) is 102 cm³/mol. The van der Waals surface area contributed by atoms with Gasteiger partial charge in [0.25, 0.3) is 0 Å². The van der Waals surface area contributed by atoms with E-state index in [0.717, 1.165) is 35.3 Å². The van der Waals surface area contributed by atoms with E-state index in [1.165, 1.54) is 18.0 Å². The second kappa shape index (κ2) is 9.26. The molecule has 0 saturated heterocycles. The summed E-state index contributed by atoms with van der Waals surface area (Å²) in [5.74, 6) is -0.280. The van der Waals surface area contributed by atoms with Crippen LogP contribution in [0.1, 0.15) is 31.7 Å². The summed E-state index contributed by atoms with van der Waals surface area (Å²) in [4.78, 5) is 0.884. The molecule has 3 N–H and O–H groups in total. The SMILES string of the molecule is C=C/C(SNc1ccc(C)cc1F)=C(\CCCC)C(=C)C(=C)N. The molecule has 0 saturated carbocycles. The average molecular weight is 332 g/mol. The van der Waals surface area contributed by atoms with Gasteiger partial charge in [-0.05, 0) is 60.6 Å². The highest BCUT2D eigenvalue weighted by molar-refractivity contribution is 8.04. The lowest BCUT2D eigenvalue weighted by Gasteiger charge is -2.16. The molecule has 1 aromatic rings. The van der Waals surface area contributed by atoms with Gasteiger partial charge in [-0.25, -0.2) is 4.39 Å². The summed E-state index contributed by atoms with van der Waals surface area (Å²) in [6.45, 7) is 15.6.